The van der Waals surface area contributed by atoms with Crippen molar-refractivity contribution in [1.29, 1.82) is 0 Å². The monoisotopic (exact) mass is 405 g/mol. The summed E-state index contributed by atoms with van der Waals surface area (Å²) in [4.78, 5) is 14.5. The number of carbonyl (C=O) groups excluding carboxylic acids is 1. The number of nitrogens with zero attached hydrogens (tertiary/aromatic N) is 1. The molecule has 2 aromatic rings. The van der Waals surface area contributed by atoms with Gasteiger partial charge in [-0.05, 0) is 24.5 Å². The van der Waals surface area contributed by atoms with E-state index in [1.54, 1.807) is 30.3 Å². The molecule has 0 saturated heterocycles. The van der Waals surface area contributed by atoms with Gasteiger partial charge in [-0.1, -0.05) is 44.2 Å². The van der Waals surface area contributed by atoms with Gasteiger partial charge in [-0.25, -0.2) is 4.79 Å². The third kappa shape index (κ3) is 6.59. The zero-order valence-electron chi connectivity index (χ0n) is 15.2. The fourth-order valence-electron chi connectivity index (χ4n) is 2.60. The average molecular weight is 406 g/mol. The van der Waals surface area contributed by atoms with E-state index in [0.717, 1.165) is 13.1 Å². The first-order valence-electron chi connectivity index (χ1n) is 8.46. The number of hydrogen-bond acceptors (Lipinski definition) is 4. The standard InChI is InChI=1S/C19H22F3NO3.ClH/c1-3-23(4-2)11-12-25-18(24)16-10-9-14-7-5-6-8-15(14)17(16)26-13-19(20,21)22;/h5-10H,3-4,11-13H2,1-2H3;1H. The number of alkyl halides is 3. The Morgan fingerprint density at radius 3 is 2.37 bits per heavy atom. The van der Waals surface area contributed by atoms with E-state index in [4.69, 9.17) is 9.47 Å². The minimum absolute atomic E-state index is 0. The van der Waals surface area contributed by atoms with Crippen molar-refractivity contribution in [2.24, 2.45) is 0 Å². The van der Waals surface area contributed by atoms with E-state index in [1.165, 1.54) is 6.07 Å². The molecule has 0 atom stereocenters. The predicted molar refractivity (Wildman–Crippen MR) is 101 cm³/mol. The number of benzene rings is 2. The molecule has 0 spiro atoms. The minimum atomic E-state index is -4.50. The van der Waals surface area contributed by atoms with Gasteiger partial charge in [-0.3, -0.25) is 0 Å². The van der Waals surface area contributed by atoms with Crippen molar-refractivity contribution >= 4 is 29.1 Å². The van der Waals surface area contributed by atoms with Crippen LogP contribution in [0.25, 0.3) is 10.8 Å². The first kappa shape index (κ1) is 23.0. The van der Waals surface area contributed by atoms with Crippen LogP contribution in [0, 0.1) is 0 Å². The average Bonchev–Trinajstić information content (AvgIpc) is 2.62. The zero-order valence-corrected chi connectivity index (χ0v) is 16.0. The number of fused-ring (bicyclic) bond motifs is 1. The molecular formula is C19H23ClF3NO3. The van der Waals surface area contributed by atoms with E-state index in [9.17, 15) is 18.0 Å². The maximum atomic E-state index is 12.6. The Morgan fingerprint density at radius 2 is 1.74 bits per heavy atom. The van der Waals surface area contributed by atoms with Crippen LogP contribution in [0.5, 0.6) is 5.75 Å². The van der Waals surface area contributed by atoms with Crippen LogP contribution in [0.1, 0.15) is 24.2 Å². The zero-order chi connectivity index (χ0) is 19.2. The van der Waals surface area contributed by atoms with Gasteiger partial charge in [0.2, 0.25) is 0 Å². The molecule has 0 fully saturated rings. The van der Waals surface area contributed by atoms with Crippen molar-refractivity contribution in [2.45, 2.75) is 20.0 Å². The second kappa shape index (κ2) is 10.4. The minimum Gasteiger partial charge on any atom is -0.483 e. The largest absolute Gasteiger partial charge is 0.483 e. The van der Waals surface area contributed by atoms with Crippen molar-refractivity contribution < 1.29 is 27.4 Å². The first-order valence-corrected chi connectivity index (χ1v) is 8.46. The van der Waals surface area contributed by atoms with Crippen LogP contribution in [-0.2, 0) is 4.74 Å². The van der Waals surface area contributed by atoms with E-state index in [2.05, 4.69) is 4.90 Å². The van der Waals surface area contributed by atoms with Gasteiger partial charge in [0, 0.05) is 11.9 Å². The molecule has 0 unspecified atom stereocenters. The van der Waals surface area contributed by atoms with Gasteiger partial charge in [-0.15, -0.1) is 12.4 Å². The highest BCUT2D eigenvalue weighted by Gasteiger charge is 2.30. The lowest BCUT2D eigenvalue weighted by Crippen LogP contribution is -2.28. The van der Waals surface area contributed by atoms with Gasteiger partial charge in [0.05, 0.1) is 0 Å². The molecule has 2 rings (SSSR count). The second-order valence-electron chi connectivity index (χ2n) is 5.73. The molecule has 2 aromatic carbocycles. The molecule has 4 nitrogen and oxygen atoms in total. The van der Waals surface area contributed by atoms with Crippen LogP contribution < -0.4 is 4.74 Å². The van der Waals surface area contributed by atoms with Crippen LogP contribution in [0.15, 0.2) is 36.4 Å². The third-order valence-electron chi connectivity index (χ3n) is 4.01. The topological polar surface area (TPSA) is 38.8 Å². The summed E-state index contributed by atoms with van der Waals surface area (Å²) < 4.78 is 48.0. The van der Waals surface area contributed by atoms with Crippen molar-refractivity contribution in [3.05, 3.63) is 42.0 Å². The lowest BCUT2D eigenvalue weighted by Gasteiger charge is -2.18. The summed E-state index contributed by atoms with van der Waals surface area (Å²) in [5, 5.41) is 1.12. The first-order chi connectivity index (χ1) is 12.4. The van der Waals surface area contributed by atoms with Crippen molar-refractivity contribution in [1.82, 2.24) is 4.90 Å². The summed E-state index contributed by atoms with van der Waals surface area (Å²) in [7, 11) is 0. The molecule has 0 aromatic heterocycles. The quantitative estimate of drug-likeness (QED) is 0.597. The number of rotatable bonds is 8. The number of hydrogen-bond donors (Lipinski definition) is 0. The second-order valence-corrected chi connectivity index (χ2v) is 5.73. The number of carbonyl (C=O) groups is 1. The molecule has 8 heteroatoms. The highest BCUT2D eigenvalue weighted by molar-refractivity contribution is 6.01. The Bertz CT molecular complexity index is 749. The molecule has 0 radical (unpaired) electrons. The fraction of sp³-hybridized carbons (Fsp3) is 0.421. The van der Waals surface area contributed by atoms with E-state index in [-0.39, 0.29) is 30.3 Å². The molecule has 0 saturated carbocycles. The highest BCUT2D eigenvalue weighted by atomic mass is 35.5. The molecule has 0 heterocycles. The Morgan fingerprint density at radius 1 is 1.07 bits per heavy atom. The molecule has 150 valence electrons. The maximum Gasteiger partial charge on any atom is 0.422 e. The van der Waals surface area contributed by atoms with Gasteiger partial charge in [-0.2, -0.15) is 13.2 Å². The third-order valence-corrected chi connectivity index (χ3v) is 4.01. The van der Waals surface area contributed by atoms with Crippen LogP contribution in [0.4, 0.5) is 13.2 Å². The van der Waals surface area contributed by atoms with Gasteiger partial charge in [0.1, 0.15) is 17.9 Å². The van der Waals surface area contributed by atoms with Crippen molar-refractivity contribution in [2.75, 3.05) is 32.8 Å². The SMILES string of the molecule is CCN(CC)CCOC(=O)c1ccc2ccccc2c1OCC(F)(F)F.Cl. The number of ether oxygens (including phenoxy) is 2. The number of esters is 1. The molecule has 0 bridgehead atoms. The Hall–Kier alpha value is -1.99. The molecule has 0 N–H and O–H groups in total. The van der Waals surface area contributed by atoms with Gasteiger partial charge < -0.3 is 14.4 Å². The normalized spacial score (nSPS) is 11.3. The lowest BCUT2D eigenvalue weighted by atomic mass is 10.1. The molecule has 0 amide bonds. The van der Waals surface area contributed by atoms with E-state index in [0.29, 0.717) is 17.3 Å². The van der Waals surface area contributed by atoms with Crippen molar-refractivity contribution in [3.8, 4) is 5.75 Å². The highest BCUT2D eigenvalue weighted by Crippen LogP contribution is 2.32. The Labute approximate surface area is 162 Å². The summed E-state index contributed by atoms with van der Waals surface area (Å²) in [5.41, 5.74) is -0.00695. The van der Waals surface area contributed by atoms with Crippen LogP contribution in [0.3, 0.4) is 0 Å². The van der Waals surface area contributed by atoms with Gasteiger partial charge in [0.15, 0.2) is 6.61 Å². The molecule has 0 aliphatic heterocycles. The van der Waals surface area contributed by atoms with E-state index >= 15 is 0 Å². The van der Waals surface area contributed by atoms with Crippen LogP contribution in [0.2, 0.25) is 0 Å². The summed E-state index contributed by atoms with van der Waals surface area (Å²) >= 11 is 0. The molecule has 27 heavy (non-hydrogen) atoms. The van der Waals surface area contributed by atoms with E-state index < -0.39 is 18.8 Å². The van der Waals surface area contributed by atoms with E-state index in [1.807, 2.05) is 13.8 Å². The Kier molecular flexibility index (Phi) is 8.85. The summed E-state index contributed by atoms with van der Waals surface area (Å²) in [6.45, 7) is 4.89. The van der Waals surface area contributed by atoms with Gasteiger partial charge >= 0.3 is 12.1 Å². The lowest BCUT2D eigenvalue weighted by molar-refractivity contribution is -0.153. The van der Waals surface area contributed by atoms with Crippen molar-refractivity contribution in [3.63, 3.8) is 0 Å². The smallest absolute Gasteiger partial charge is 0.422 e. The van der Waals surface area contributed by atoms with Gasteiger partial charge in [0.25, 0.3) is 0 Å². The predicted octanol–water partition coefficient (Wildman–Crippen LogP) is 4.70. The van der Waals surface area contributed by atoms with Crippen LogP contribution >= 0.6 is 12.4 Å². The maximum absolute atomic E-state index is 12.6. The molecular weight excluding hydrogens is 383 g/mol. The van der Waals surface area contributed by atoms with Crippen LogP contribution in [-0.4, -0.2) is 49.9 Å². The molecule has 0 aliphatic rings. The number of halogens is 4. The fourth-order valence-corrected chi connectivity index (χ4v) is 2.60. The summed E-state index contributed by atoms with van der Waals surface area (Å²) in [5.74, 6) is -0.798. The summed E-state index contributed by atoms with van der Waals surface area (Å²) in [6.07, 6.45) is -4.50. The summed E-state index contributed by atoms with van der Waals surface area (Å²) in [6, 6.07) is 9.90. The molecule has 0 aliphatic carbocycles. The Balaban J connectivity index is 0.00000364. The number of likely N-dealkylation sites (N-methyl/N-ethyl adjacent to an activating group) is 1.